The van der Waals surface area contributed by atoms with Crippen molar-refractivity contribution < 1.29 is 8.42 Å². The number of benzene rings is 1. The summed E-state index contributed by atoms with van der Waals surface area (Å²) in [6, 6.07) is 5.50. The molecule has 2 atom stereocenters. The number of hydrogen-bond acceptors (Lipinski definition) is 3. The Labute approximate surface area is 127 Å². The Morgan fingerprint density at radius 2 is 2.00 bits per heavy atom. The lowest BCUT2D eigenvalue weighted by molar-refractivity contribution is 0.399. The van der Waals surface area contributed by atoms with Gasteiger partial charge in [0.1, 0.15) is 0 Å². The smallest absolute Gasteiger partial charge is 0.240 e. The Hall–Kier alpha value is -1.07. The zero-order valence-electron chi connectivity index (χ0n) is 12.6. The van der Waals surface area contributed by atoms with Gasteiger partial charge in [0.25, 0.3) is 0 Å². The molecule has 1 fully saturated rings. The Bertz CT molecular complexity index is 613. The van der Waals surface area contributed by atoms with Crippen LogP contribution >= 0.6 is 0 Å². The molecule has 21 heavy (non-hydrogen) atoms. The number of hydrogen-bond donors (Lipinski definition) is 2. The number of anilines is 1. The lowest BCUT2D eigenvalue weighted by Gasteiger charge is -2.22. The zero-order valence-corrected chi connectivity index (χ0v) is 13.4. The van der Waals surface area contributed by atoms with Gasteiger partial charge in [-0.3, -0.25) is 0 Å². The molecule has 1 saturated carbocycles. The minimum Gasteiger partial charge on any atom is -0.384 e. The first kappa shape index (κ1) is 14.9. The number of nitrogens with one attached hydrogen (secondary N) is 2. The van der Waals surface area contributed by atoms with E-state index in [4.69, 9.17) is 0 Å². The van der Waals surface area contributed by atoms with Gasteiger partial charge in [-0.1, -0.05) is 32.3 Å². The van der Waals surface area contributed by atoms with Crippen LogP contribution in [0.15, 0.2) is 23.1 Å². The van der Waals surface area contributed by atoms with E-state index in [1.54, 1.807) is 12.1 Å². The van der Waals surface area contributed by atoms with Gasteiger partial charge in [0.05, 0.1) is 4.90 Å². The van der Waals surface area contributed by atoms with Crippen LogP contribution in [0.25, 0.3) is 0 Å². The molecule has 1 aliphatic heterocycles. The van der Waals surface area contributed by atoms with Gasteiger partial charge in [0.2, 0.25) is 10.0 Å². The van der Waals surface area contributed by atoms with E-state index >= 15 is 0 Å². The van der Waals surface area contributed by atoms with Gasteiger partial charge in [-0.15, -0.1) is 0 Å². The van der Waals surface area contributed by atoms with Crippen molar-refractivity contribution in [3.05, 3.63) is 23.8 Å². The van der Waals surface area contributed by atoms with Gasteiger partial charge >= 0.3 is 0 Å². The van der Waals surface area contributed by atoms with Gasteiger partial charge in [0, 0.05) is 18.3 Å². The van der Waals surface area contributed by atoms with Crippen LogP contribution in [-0.4, -0.2) is 21.0 Å². The molecule has 116 valence electrons. The standard InChI is InChI=1S/C16H24N2O2S/c1-12-5-3-2-4-6-15(12)18-21(19,20)14-8-7-13-9-10-17-16(13)11-14/h7-8,11-12,15,17-18H,2-6,9-10H2,1H3. The summed E-state index contributed by atoms with van der Waals surface area (Å²) in [5.41, 5.74) is 2.17. The van der Waals surface area contributed by atoms with Crippen molar-refractivity contribution in [2.75, 3.05) is 11.9 Å². The molecule has 1 aromatic rings. The summed E-state index contributed by atoms with van der Waals surface area (Å²) in [7, 11) is -3.42. The Morgan fingerprint density at radius 3 is 2.86 bits per heavy atom. The second kappa shape index (κ2) is 5.97. The highest BCUT2D eigenvalue weighted by Crippen LogP contribution is 2.27. The van der Waals surface area contributed by atoms with Crippen LogP contribution in [0.4, 0.5) is 5.69 Å². The van der Waals surface area contributed by atoms with Crippen molar-refractivity contribution >= 4 is 15.7 Å². The molecule has 0 amide bonds. The number of rotatable bonds is 3. The first-order chi connectivity index (χ1) is 10.1. The summed E-state index contributed by atoms with van der Waals surface area (Å²) in [5, 5.41) is 3.24. The van der Waals surface area contributed by atoms with E-state index in [1.807, 2.05) is 6.07 Å². The lowest BCUT2D eigenvalue weighted by Crippen LogP contribution is -2.38. The Kier molecular flexibility index (Phi) is 4.22. The molecule has 3 rings (SSSR count). The fourth-order valence-corrected chi connectivity index (χ4v) is 4.78. The Balaban J connectivity index is 1.80. The highest BCUT2D eigenvalue weighted by molar-refractivity contribution is 7.89. The third kappa shape index (κ3) is 3.24. The highest BCUT2D eigenvalue weighted by atomic mass is 32.2. The van der Waals surface area contributed by atoms with Crippen LogP contribution in [0.2, 0.25) is 0 Å². The first-order valence-corrected chi connectivity index (χ1v) is 9.44. The van der Waals surface area contributed by atoms with Gasteiger partial charge in [0.15, 0.2) is 0 Å². The summed E-state index contributed by atoms with van der Waals surface area (Å²) >= 11 is 0. The molecule has 1 heterocycles. The van der Waals surface area contributed by atoms with Crippen molar-refractivity contribution in [3.8, 4) is 0 Å². The SMILES string of the molecule is CC1CCCCCC1NS(=O)(=O)c1ccc2c(c1)NCC2. The Morgan fingerprint density at radius 1 is 1.19 bits per heavy atom. The molecule has 5 heteroatoms. The molecule has 0 radical (unpaired) electrons. The van der Waals surface area contributed by atoms with Crippen molar-refractivity contribution in [1.82, 2.24) is 4.72 Å². The van der Waals surface area contributed by atoms with E-state index in [-0.39, 0.29) is 6.04 Å². The summed E-state index contributed by atoms with van der Waals surface area (Å²) in [4.78, 5) is 0.382. The van der Waals surface area contributed by atoms with Crippen molar-refractivity contribution in [2.24, 2.45) is 5.92 Å². The largest absolute Gasteiger partial charge is 0.384 e. The van der Waals surface area contributed by atoms with Crippen LogP contribution in [0.1, 0.15) is 44.6 Å². The molecule has 2 aliphatic rings. The van der Waals surface area contributed by atoms with Crippen LogP contribution < -0.4 is 10.0 Å². The second-order valence-corrected chi connectivity index (χ2v) is 8.05. The number of fused-ring (bicyclic) bond motifs is 1. The fraction of sp³-hybridized carbons (Fsp3) is 0.625. The minimum atomic E-state index is -3.42. The van der Waals surface area contributed by atoms with Gasteiger partial charge in [-0.05, 0) is 42.9 Å². The normalized spacial score (nSPS) is 26.0. The lowest BCUT2D eigenvalue weighted by atomic mass is 9.98. The third-order valence-corrected chi connectivity index (χ3v) is 6.26. The molecule has 1 aromatic carbocycles. The van der Waals surface area contributed by atoms with Gasteiger partial charge < -0.3 is 5.32 Å². The molecule has 0 spiro atoms. The second-order valence-electron chi connectivity index (χ2n) is 6.34. The molecule has 2 unspecified atom stereocenters. The van der Waals surface area contributed by atoms with E-state index in [9.17, 15) is 8.42 Å². The molecule has 1 aliphatic carbocycles. The van der Waals surface area contributed by atoms with Crippen LogP contribution in [0.5, 0.6) is 0 Å². The highest BCUT2D eigenvalue weighted by Gasteiger charge is 2.26. The van der Waals surface area contributed by atoms with E-state index < -0.39 is 10.0 Å². The molecule has 0 saturated heterocycles. The predicted octanol–water partition coefficient (Wildman–Crippen LogP) is 2.90. The summed E-state index contributed by atoms with van der Waals surface area (Å²) in [6.45, 7) is 3.05. The van der Waals surface area contributed by atoms with Crippen LogP contribution in [-0.2, 0) is 16.4 Å². The fourth-order valence-electron chi connectivity index (χ4n) is 3.37. The molecular weight excluding hydrogens is 284 g/mol. The molecular formula is C16H24N2O2S. The predicted molar refractivity (Wildman–Crippen MR) is 85.0 cm³/mol. The van der Waals surface area contributed by atoms with E-state index in [0.29, 0.717) is 10.8 Å². The van der Waals surface area contributed by atoms with Crippen molar-refractivity contribution in [3.63, 3.8) is 0 Å². The maximum atomic E-state index is 12.6. The molecule has 0 aromatic heterocycles. The molecule has 0 bridgehead atoms. The maximum absolute atomic E-state index is 12.6. The maximum Gasteiger partial charge on any atom is 0.240 e. The molecule has 4 nitrogen and oxygen atoms in total. The topological polar surface area (TPSA) is 58.2 Å². The van der Waals surface area contributed by atoms with Crippen molar-refractivity contribution in [2.45, 2.75) is 56.4 Å². The van der Waals surface area contributed by atoms with Gasteiger partial charge in [-0.25, -0.2) is 13.1 Å². The number of sulfonamides is 1. The summed E-state index contributed by atoms with van der Waals surface area (Å²) < 4.78 is 28.2. The summed E-state index contributed by atoms with van der Waals surface area (Å²) in [5.74, 6) is 0.412. The average molecular weight is 308 g/mol. The zero-order chi connectivity index (χ0) is 14.9. The first-order valence-electron chi connectivity index (χ1n) is 7.95. The van der Waals surface area contributed by atoms with E-state index in [1.165, 1.54) is 18.4 Å². The van der Waals surface area contributed by atoms with Crippen LogP contribution in [0, 0.1) is 5.92 Å². The van der Waals surface area contributed by atoms with E-state index in [2.05, 4.69) is 17.0 Å². The summed E-state index contributed by atoms with van der Waals surface area (Å²) in [6.07, 6.45) is 6.57. The average Bonchev–Trinajstić information content (AvgIpc) is 2.84. The monoisotopic (exact) mass is 308 g/mol. The van der Waals surface area contributed by atoms with Crippen molar-refractivity contribution in [1.29, 1.82) is 0 Å². The van der Waals surface area contributed by atoms with Crippen LogP contribution in [0.3, 0.4) is 0 Å². The van der Waals surface area contributed by atoms with E-state index in [0.717, 1.165) is 37.9 Å². The van der Waals surface area contributed by atoms with Gasteiger partial charge in [-0.2, -0.15) is 0 Å². The minimum absolute atomic E-state index is 0.0683. The quantitative estimate of drug-likeness (QED) is 0.844. The third-order valence-electron chi connectivity index (χ3n) is 4.77. The molecule has 2 N–H and O–H groups in total.